The molecule has 2 amide bonds. The van der Waals surface area contributed by atoms with Crippen molar-refractivity contribution in [2.45, 2.75) is 26.4 Å². The third-order valence-electron chi connectivity index (χ3n) is 5.35. The molecule has 4 N–H and O–H groups in total. The summed E-state index contributed by atoms with van der Waals surface area (Å²) in [6.45, 7) is 9.02. The lowest BCUT2D eigenvalue weighted by Crippen LogP contribution is -2.49. The summed E-state index contributed by atoms with van der Waals surface area (Å²) < 4.78 is 5.67. The number of nitrogens with zero attached hydrogens (tertiary/aromatic N) is 2. The molecule has 0 spiro atoms. The third-order valence-corrected chi connectivity index (χ3v) is 5.35. The van der Waals surface area contributed by atoms with E-state index in [1.54, 1.807) is 24.3 Å². The molecule has 31 heavy (non-hydrogen) atoms. The van der Waals surface area contributed by atoms with E-state index in [-0.39, 0.29) is 6.61 Å². The standard InChI is InChI=1S/C24H34N4O3/c1-18(2)15-19-3-7-21(8-4-19)28-13-11-27(12-14-28)16-22(29)17-31-23-9-5-20(6-10-23)26-24(25)30/h3-10,18,22,29H,11-17H2,1-2H3,(H3,25,26,30). The summed E-state index contributed by atoms with van der Waals surface area (Å²) in [5.41, 5.74) is 8.35. The van der Waals surface area contributed by atoms with Gasteiger partial charge >= 0.3 is 6.03 Å². The van der Waals surface area contributed by atoms with E-state index in [2.05, 4.69) is 53.2 Å². The van der Waals surface area contributed by atoms with Crippen molar-refractivity contribution in [2.24, 2.45) is 11.7 Å². The Kier molecular flexibility index (Phi) is 8.14. The number of β-amino-alcohol motifs (C(OH)–C–C–N with tert-alkyl or cyclic N) is 1. The number of hydrogen-bond acceptors (Lipinski definition) is 5. The summed E-state index contributed by atoms with van der Waals surface area (Å²) in [7, 11) is 0. The average Bonchev–Trinajstić information content (AvgIpc) is 2.74. The molecule has 168 valence electrons. The molecular weight excluding hydrogens is 392 g/mol. The molecule has 2 aromatic carbocycles. The number of rotatable bonds is 9. The molecule has 0 aromatic heterocycles. The zero-order chi connectivity index (χ0) is 22.2. The number of aliphatic hydroxyl groups is 1. The van der Waals surface area contributed by atoms with E-state index in [0.29, 0.717) is 23.9 Å². The van der Waals surface area contributed by atoms with Gasteiger partial charge in [-0.2, -0.15) is 0 Å². The molecule has 1 saturated heterocycles. The van der Waals surface area contributed by atoms with E-state index in [9.17, 15) is 9.90 Å². The monoisotopic (exact) mass is 426 g/mol. The first-order valence-electron chi connectivity index (χ1n) is 10.9. The fourth-order valence-electron chi connectivity index (χ4n) is 3.82. The second kappa shape index (κ2) is 11.0. The van der Waals surface area contributed by atoms with Gasteiger partial charge in [0.1, 0.15) is 18.5 Å². The van der Waals surface area contributed by atoms with E-state index in [1.165, 1.54) is 11.3 Å². The Morgan fingerprint density at radius 3 is 2.29 bits per heavy atom. The smallest absolute Gasteiger partial charge is 0.316 e. The lowest BCUT2D eigenvalue weighted by Gasteiger charge is -2.37. The summed E-state index contributed by atoms with van der Waals surface area (Å²) in [6, 6.07) is 15.2. The number of carbonyl (C=O) groups excluding carboxylic acids is 1. The van der Waals surface area contributed by atoms with Crippen molar-refractivity contribution < 1.29 is 14.6 Å². The number of benzene rings is 2. The number of primary amides is 1. The molecule has 1 fully saturated rings. The summed E-state index contributed by atoms with van der Waals surface area (Å²) in [5, 5.41) is 12.9. The van der Waals surface area contributed by atoms with E-state index in [1.807, 2.05) is 0 Å². The number of aliphatic hydroxyl groups excluding tert-OH is 1. The van der Waals surface area contributed by atoms with Gasteiger partial charge in [0, 0.05) is 44.1 Å². The zero-order valence-electron chi connectivity index (χ0n) is 18.5. The van der Waals surface area contributed by atoms with Crippen LogP contribution in [0.15, 0.2) is 48.5 Å². The average molecular weight is 427 g/mol. The second-order valence-corrected chi connectivity index (χ2v) is 8.53. The van der Waals surface area contributed by atoms with Crippen molar-refractivity contribution >= 4 is 17.4 Å². The maximum atomic E-state index is 10.8. The lowest BCUT2D eigenvalue weighted by atomic mass is 10.0. The summed E-state index contributed by atoms with van der Waals surface area (Å²) in [6.07, 6.45) is 0.549. The largest absolute Gasteiger partial charge is 0.491 e. The highest BCUT2D eigenvalue weighted by Gasteiger charge is 2.20. The van der Waals surface area contributed by atoms with Crippen LogP contribution in [0.1, 0.15) is 19.4 Å². The minimum Gasteiger partial charge on any atom is -0.491 e. The van der Waals surface area contributed by atoms with Gasteiger partial charge in [0.15, 0.2) is 0 Å². The normalized spacial score (nSPS) is 15.7. The lowest BCUT2D eigenvalue weighted by molar-refractivity contribution is 0.0663. The van der Waals surface area contributed by atoms with Crippen molar-refractivity contribution in [3.8, 4) is 5.75 Å². The van der Waals surface area contributed by atoms with Gasteiger partial charge < -0.3 is 25.8 Å². The van der Waals surface area contributed by atoms with Crippen LogP contribution >= 0.6 is 0 Å². The summed E-state index contributed by atoms with van der Waals surface area (Å²) >= 11 is 0. The first kappa shape index (κ1) is 22.9. The van der Waals surface area contributed by atoms with Crippen molar-refractivity contribution in [2.75, 3.05) is 49.5 Å². The molecular formula is C24H34N4O3. The van der Waals surface area contributed by atoms with E-state index < -0.39 is 12.1 Å². The van der Waals surface area contributed by atoms with E-state index in [4.69, 9.17) is 10.5 Å². The van der Waals surface area contributed by atoms with Crippen LogP contribution in [-0.4, -0.2) is 61.5 Å². The maximum Gasteiger partial charge on any atom is 0.316 e. The zero-order valence-corrected chi connectivity index (χ0v) is 18.5. The van der Waals surface area contributed by atoms with Crippen LogP contribution in [0.3, 0.4) is 0 Å². The van der Waals surface area contributed by atoms with Crippen molar-refractivity contribution in [1.29, 1.82) is 0 Å². The number of urea groups is 1. The minimum atomic E-state index is -0.604. The van der Waals surface area contributed by atoms with Gasteiger partial charge in [-0.05, 0) is 54.3 Å². The number of anilines is 2. The van der Waals surface area contributed by atoms with Crippen LogP contribution in [-0.2, 0) is 6.42 Å². The molecule has 1 aliphatic rings. The Morgan fingerprint density at radius 1 is 1.06 bits per heavy atom. The fraction of sp³-hybridized carbons (Fsp3) is 0.458. The highest BCUT2D eigenvalue weighted by atomic mass is 16.5. The van der Waals surface area contributed by atoms with Gasteiger partial charge in [0.2, 0.25) is 0 Å². The molecule has 3 rings (SSSR count). The molecule has 0 saturated carbocycles. The molecule has 2 aromatic rings. The number of ether oxygens (including phenoxy) is 1. The van der Waals surface area contributed by atoms with E-state index >= 15 is 0 Å². The molecule has 0 aliphatic carbocycles. The molecule has 7 nitrogen and oxygen atoms in total. The van der Waals surface area contributed by atoms with Gasteiger partial charge in [-0.25, -0.2) is 4.79 Å². The maximum absolute atomic E-state index is 10.8. The highest BCUT2D eigenvalue weighted by molar-refractivity contribution is 5.87. The Bertz CT molecular complexity index is 816. The second-order valence-electron chi connectivity index (χ2n) is 8.53. The first-order valence-corrected chi connectivity index (χ1v) is 10.9. The van der Waals surface area contributed by atoms with Gasteiger partial charge in [0.25, 0.3) is 0 Å². The van der Waals surface area contributed by atoms with Crippen LogP contribution in [0.5, 0.6) is 5.75 Å². The molecule has 0 bridgehead atoms. The molecule has 1 aliphatic heterocycles. The number of nitrogens with two attached hydrogens (primary N) is 1. The predicted octanol–water partition coefficient (Wildman–Crippen LogP) is 2.94. The SMILES string of the molecule is CC(C)Cc1ccc(N2CCN(CC(O)COc3ccc(NC(N)=O)cc3)CC2)cc1. The highest BCUT2D eigenvalue weighted by Crippen LogP contribution is 2.19. The topological polar surface area (TPSA) is 91.1 Å². The first-order chi connectivity index (χ1) is 14.9. The summed E-state index contributed by atoms with van der Waals surface area (Å²) in [5.74, 6) is 1.31. The molecule has 0 radical (unpaired) electrons. The molecule has 7 heteroatoms. The van der Waals surface area contributed by atoms with Crippen LogP contribution in [0.2, 0.25) is 0 Å². The van der Waals surface area contributed by atoms with Crippen molar-refractivity contribution in [3.63, 3.8) is 0 Å². The number of amides is 2. The Balaban J connectivity index is 1.38. The van der Waals surface area contributed by atoms with Gasteiger partial charge in [-0.15, -0.1) is 0 Å². The van der Waals surface area contributed by atoms with Crippen LogP contribution in [0.25, 0.3) is 0 Å². The van der Waals surface area contributed by atoms with Crippen LogP contribution in [0.4, 0.5) is 16.2 Å². The third kappa shape index (κ3) is 7.45. The van der Waals surface area contributed by atoms with E-state index in [0.717, 1.165) is 32.6 Å². The Hall–Kier alpha value is -2.77. The van der Waals surface area contributed by atoms with Crippen LogP contribution < -0.4 is 20.7 Å². The molecule has 1 atom stereocenters. The molecule has 1 heterocycles. The molecule has 1 unspecified atom stereocenters. The Morgan fingerprint density at radius 2 is 1.71 bits per heavy atom. The van der Waals surface area contributed by atoms with Gasteiger partial charge in [-0.1, -0.05) is 26.0 Å². The predicted molar refractivity (Wildman–Crippen MR) is 125 cm³/mol. The minimum absolute atomic E-state index is 0.222. The van der Waals surface area contributed by atoms with Crippen molar-refractivity contribution in [1.82, 2.24) is 4.90 Å². The van der Waals surface area contributed by atoms with Gasteiger partial charge in [0.05, 0.1) is 0 Å². The quantitative estimate of drug-likeness (QED) is 0.574. The number of carbonyl (C=O) groups is 1. The van der Waals surface area contributed by atoms with Gasteiger partial charge in [-0.3, -0.25) is 4.90 Å². The fourth-order valence-corrected chi connectivity index (χ4v) is 3.82. The number of piperazine rings is 1. The van der Waals surface area contributed by atoms with Crippen molar-refractivity contribution in [3.05, 3.63) is 54.1 Å². The summed E-state index contributed by atoms with van der Waals surface area (Å²) in [4.78, 5) is 15.5. The Labute approximate surface area is 184 Å². The number of hydrogen-bond donors (Lipinski definition) is 3. The number of nitrogens with one attached hydrogen (secondary N) is 1. The van der Waals surface area contributed by atoms with Crippen LogP contribution in [0, 0.1) is 5.92 Å².